The van der Waals surface area contributed by atoms with Gasteiger partial charge in [-0.2, -0.15) is 0 Å². The van der Waals surface area contributed by atoms with E-state index in [1.54, 1.807) is 0 Å². The van der Waals surface area contributed by atoms with Crippen LogP contribution in [0.2, 0.25) is 0 Å². The van der Waals surface area contributed by atoms with Crippen molar-refractivity contribution < 1.29 is 4.79 Å². The fourth-order valence-electron chi connectivity index (χ4n) is 3.17. The number of carbonyl (C=O) groups is 1. The second-order valence-corrected chi connectivity index (χ2v) is 5.70. The van der Waals surface area contributed by atoms with Crippen LogP contribution in [0.4, 0.5) is 0 Å². The summed E-state index contributed by atoms with van der Waals surface area (Å²) in [5.74, 6) is 0.539. The van der Waals surface area contributed by atoms with Crippen LogP contribution in [0.15, 0.2) is 18.3 Å². The lowest BCUT2D eigenvalue weighted by Crippen LogP contribution is -2.45. The molecule has 4 heteroatoms. The average Bonchev–Trinajstić information content (AvgIpc) is 2.46. The quantitative estimate of drug-likeness (QED) is 0.828. The van der Waals surface area contributed by atoms with Crippen LogP contribution in [0.25, 0.3) is 0 Å². The van der Waals surface area contributed by atoms with Crippen LogP contribution in [-0.4, -0.2) is 34.9 Å². The Kier molecular flexibility index (Phi) is 3.51. The normalized spacial score (nSPS) is 26.9. The Bertz CT molecular complexity index is 474. The largest absolute Gasteiger partial charge is 0.338 e. The zero-order chi connectivity index (χ0) is 13.2. The van der Waals surface area contributed by atoms with Gasteiger partial charge in [0.2, 0.25) is 5.91 Å². The third-order valence-corrected chi connectivity index (χ3v) is 4.25. The maximum atomic E-state index is 12.6. The second-order valence-electron chi connectivity index (χ2n) is 5.70. The van der Waals surface area contributed by atoms with Crippen LogP contribution in [0.5, 0.6) is 0 Å². The zero-order valence-corrected chi connectivity index (χ0v) is 11.4. The standard InChI is InChI=1S/C15H21N3O/c1-11-9-12(4-7-16-11)15(19)18-8-5-14-13(10-18)3-2-6-17-14/h2-3,6,11-12,16H,4-5,7-10H2,1H3. The van der Waals surface area contributed by atoms with Gasteiger partial charge in [0.05, 0.1) is 0 Å². The SMILES string of the molecule is CC1CC(C(=O)N2CCc3ncccc3C2)CCN1. The predicted molar refractivity (Wildman–Crippen MR) is 73.5 cm³/mol. The van der Waals surface area contributed by atoms with Gasteiger partial charge in [-0.15, -0.1) is 0 Å². The summed E-state index contributed by atoms with van der Waals surface area (Å²) in [4.78, 5) is 19.0. The Morgan fingerprint density at radius 1 is 1.53 bits per heavy atom. The molecule has 3 heterocycles. The minimum absolute atomic E-state index is 0.203. The molecule has 1 fully saturated rings. The molecule has 1 amide bonds. The first kappa shape index (κ1) is 12.6. The van der Waals surface area contributed by atoms with E-state index >= 15 is 0 Å². The van der Waals surface area contributed by atoms with Crippen LogP contribution in [0.1, 0.15) is 31.0 Å². The number of piperidine rings is 1. The fraction of sp³-hybridized carbons (Fsp3) is 0.600. The van der Waals surface area contributed by atoms with Gasteiger partial charge < -0.3 is 10.2 Å². The summed E-state index contributed by atoms with van der Waals surface area (Å²) >= 11 is 0. The van der Waals surface area contributed by atoms with E-state index in [-0.39, 0.29) is 5.92 Å². The van der Waals surface area contributed by atoms with Crippen LogP contribution in [0, 0.1) is 5.92 Å². The molecule has 102 valence electrons. The van der Waals surface area contributed by atoms with Gasteiger partial charge in [0.15, 0.2) is 0 Å². The van der Waals surface area contributed by atoms with Crippen molar-refractivity contribution in [3.8, 4) is 0 Å². The molecule has 0 saturated carbocycles. The molecule has 19 heavy (non-hydrogen) atoms. The lowest BCUT2D eigenvalue weighted by atomic mass is 9.91. The Balaban J connectivity index is 1.69. The number of aromatic nitrogens is 1. The molecular formula is C15H21N3O. The van der Waals surface area contributed by atoms with Crippen molar-refractivity contribution in [1.82, 2.24) is 15.2 Å². The first-order valence-corrected chi connectivity index (χ1v) is 7.19. The topological polar surface area (TPSA) is 45.2 Å². The first-order valence-electron chi connectivity index (χ1n) is 7.19. The van der Waals surface area contributed by atoms with Crippen molar-refractivity contribution in [2.75, 3.05) is 13.1 Å². The lowest BCUT2D eigenvalue weighted by Gasteiger charge is -2.34. The molecule has 0 radical (unpaired) electrons. The maximum Gasteiger partial charge on any atom is 0.226 e. The van der Waals surface area contributed by atoms with Crippen molar-refractivity contribution in [2.45, 2.75) is 38.8 Å². The van der Waals surface area contributed by atoms with Gasteiger partial charge in [-0.05, 0) is 37.9 Å². The van der Waals surface area contributed by atoms with E-state index in [0.29, 0.717) is 11.9 Å². The smallest absolute Gasteiger partial charge is 0.226 e. The fourth-order valence-corrected chi connectivity index (χ4v) is 3.17. The summed E-state index contributed by atoms with van der Waals surface area (Å²) < 4.78 is 0. The van der Waals surface area contributed by atoms with Crippen LogP contribution >= 0.6 is 0 Å². The van der Waals surface area contributed by atoms with E-state index in [1.165, 1.54) is 5.56 Å². The summed E-state index contributed by atoms with van der Waals surface area (Å²) in [6.45, 7) is 4.68. The molecule has 0 spiro atoms. The number of nitrogens with one attached hydrogen (secondary N) is 1. The number of amides is 1. The Hall–Kier alpha value is -1.42. The summed E-state index contributed by atoms with van der Waals surface area (Å²) in [6, 6.07) is 4.51. The first-order chi connectivity index (χ1) is 9.24. The highest BCUT2D eigenvalue weighted by Gasteiger charge is 2.30. The zero-order valence-electron chi connectivity index (χ0n) is 11.4. The van der Waals surface area contributed by atoms with Crippen molar-refractivity contribution >= 4 is 5.91 Å². The van der Waals surface area contributed by atoms with E-state index in [0.717, 1.165) is 44.6 Å². The molecule has 0 aliphatic carbocycles. The third-order valence-electron chi connectivity index (χ3n) is 4.25. The molecule has 4 nitrogen and oxygen atoms in total. The molecule has 2 aliphatic heterocycles. The van der Waals surface area contributed by atoms with E-state index in [1.807, 2.05) is 17.2 Å². The highest BCUT2D eigenvalue weighted by atomic mass is 16.2. The summed E-state index contributed by atoms with van der Waals surface area (Å²) in [5, 5.41) is 3.40. The molecule has 2 aliphatic rings. The van der Waals surface area contributed by atoms with E-state index in [9.17, 15) is 4.79 Å². The molecule has 3 rings (SSSR count). The number of nitrogens with zero attached hydrogens (tertiary/aromatic N) is 2. The van der Waals surface area contributed by atoms with Gasteiger partial charge in [0, 0.05) is 43.4 Å². The number of carbonyl (C=O) groups excluding carboxylic acids is 1. The van der Waals surface area contributed by atoms with Gasteiger partial charge in [-0.1, -0.05) is 6.07 Å². The molecule has 1 saturated heterocycles. The molecule has 1 aromatic rings. The van der Waals surface area contributed by atoms with Gasteiger partial charge in [0.25, 0.3) is 0 Å². The van der Waals surface area contributed by atoms with Crippen LogP contribution in [-0.2, 0) is 17.8 Å². The molecule has 1 aromatic heterocycles. The molecule has 2 unspecified atom stereocenters. The van der Waals surface area contributed by atoms with Crippen LogP contribution in [0.3, 0.4) is 0 Å². The predicted octanol–water partition coefficient (Wildman–Crippen LogP) is 1.35. The number of rotatable bonds is 1. The van der Waals surface area contributed by atoms with Crippen molar-refractivity contribution in [3.05, 3.63) is 29.6 Å². The minimum atomic E-state index is 0.203. The second kappa shape index (κ2) is 5.29. The minimum Gasteiger partial charge on any atom is -0.338 e. The average molecular weight is 259 g/mol. The van der Waals surface area contributed by atoms with E-state index in [4.69, 9.17) is 0 Å². The Labute approximate surface area is 114 Å². The molecular weight excluding hydrogens is 238 g/mol. The van der Waals surface area contributed by atoms with Crippen molar-refractivity contribution in [3.63, 3.8) is 0 Å². The van der Waals surface area contributed by atoms with Crippen LogP contribution < -0.4 is 5.32 Å². The number of hydrogen-bond acceptors (Lipinski definition) is 3. The number of hydrogen-bond donors (Lipinski definition) is 1. The summed E-state index contributed by atoms with van der Waals surface area (Å²) in [5.41, 5.74) is 2.37. The number of fused-ring (bicyclic) bond motifs is 1. The van der Waals surface area contributed by atoms with Gasteiger partial charge in [-0.3, -0.25) is 9.78 Å². The van der Waals surface area contributed by atoms with Gasteiger partial charge in [0.1, 0.15) is 0 Å². The molecule has 0 bridgehead atoms. The molecule has 1 N–H and O–H groups in total. The summed E-state index contributed by atoms with van der Waals surface area (Å²) in [6.07, 6.45) is 4.67. The lowest BCUT2D eigenvalue weighted by molar-refractivity contribution is -0.137. The Morgan fingerprint density at radius 3 is 3.26 bits per heavy atom. The van der Waals surface area contributed by atoms with Gasteiger partial charge >= 0.3 is 0 Å². The number of pyridine rings is 1. The molecule has 2 atom stereocenters. The van der Waals surface area contributed by atoms with Crippen molar-refractivity contribution in [1.29, 1.82) is 0 Å². The van der Waals surface area contributed by atoms with Gasteiger partial charge in [-0.25, -0.2) is 0 Å². The summed E-state index contributed by atoms with van der Waals surface area (Å²) in [7, 11) is 0. The van der Waals surface area contributed by atoms with E-state index < -0.39 is 0 Å². The van der Waals surface area contributed by atoms with E-state index in [2.05, 4.69) is 23.3 Å². The molecule has 0 aromatic carbocycles. The van der Waals surface area contributed by atoms with Crippen molar-refractivity contribution in [2.24, 2.45) is 5.92 Å². The monoisotopic (exact) mass is 259 g/mol. The highest BCUT2D eigenvalue weighted by Crippen LogP contribution is 2.23. The highest BCUT2D eigenvalue weighted by molar-refractivity contribution is 5.79. The Morgan fingerprint density at radius 2 is 2.42 bits per heavy atom. The maximum absolute atomic E-state index is 12.6. The third kappa shape index (κ3) is 2.63.